The molecule has 2 aliphatic rings. The molecule has 206 valence electrons. The predicted octanol–water partition coefficient (Wildman–Crippen LogP) is 4.18. The third kappa shape index (κ3) is 4.34. The van der Waals surface area contributed by atoms with Crippen LogP contribution in [0.15, 0.2) is 41.7 Å². The standard InChI is InChI=1S/C26H29ClN6O5S/c1-25(2,3)38-24(34)31-11-5-9-26(31)15-37-23(26)33-19-7-6-16(27)12-18(19)29-21(33)14-32-20-13-28-10-8-17(20)22(30-32)39(4,35)36/h6-8,10,12-13,23H,5,9,11,14-15H2,1-4H3. The monoisotopic (exact) mass is 572 g/mol. The normalized spacial score (nSPS) is 21.7. The van der Waals surface area contributed by atoms with Gasteiger partial charge in [0.15, 0.2) is 21.1 Å². The lowest BCUT2D eigenvalue weighted by Crippen LogP contribution is -2.64. The zero-order valence-electron chi connectivity index (χ0n) is 22.1. The van der Waals surface area contributed by atoms with Crippen molar-refractivity contribution in [2.75, 3.05) is 19.4 Å². The molecule has 39 heavy (non-hydrogen) atoms. The minimum absolute atomic E-state index is 0.0196. The lowest BCUT2D eigenvalue weighted by atomic mass is 9.89. The van der Waals surface area contributed by atoms with Crippen LogP contribution in [0.3, 0.4) is 0 Å². The van der Waals surface area contributed by atoms with Crippen LogP contribution >= 0.6 is 11.6 Å². The average Bonchev–Trinajstić information content (AvgIpc) is 3.53. The molecule has 0 bridgehead atoms. The van der Waals surface area contributed by atoms with Crippen LogP contribution in [0.5, 0.6) is 0 Å². The van der Waals surface area contributed by atoms with E-state index in [4.69, 9.17) is 26.1 Å². The van der Waals surface area contributed by atoms with E-state index in [0.717, 1.165) is 24.6 Å². The summed E-state index contributed by atoms with van der Waals surface area (Å²) in [6, 6.07) is 7.07. The van der Waals surface area contributed by atoms with Crippen LogP contribution in [0.4, 0.5) is 4.79 Å². The van der Waals surface area contributed by atoms with Crippen LogP contribution in [0.25, 0.3) is 21.9 Å². The van der Waals surface area contributed by atoms with Crippen molar-refractivity contribution in [3.8, 4) is 0 Å². The first kappa shape index (κ1) is 26.0. The van der Waals surface area contributed by atoms with Gasteiger partial charge in [0.2, 0.25) is 0 Å². The molecule has 2 atom stereocenters. The second kappa shape index (κ2) is 8.90. The Kier molecular flexibility index (Phi) is 5.94. The van der Waals surface area contributed by atoms with E-state index in [0.29, 0.717) is 40.4 Å². The maximum Gasteiger partial charge on any atom is 0.410 e. The quantitative estimate of drug-likeness (QED) is 0.357. The number of fused-ring (bicyclic) bond motifs is 2. The number of ether oxygens (including phenoxy) is 2. The zero-order valence-corrected chi connectivity index (χ0v) is 23.7. The number of hydrogen-bond donors (Lipinski definition) is 0. The van der Waals surface area contributed by atoms with Gasteiger partial charge in [0, 0.05) is 29.4 Å². The molecule has 2 fully saturated rings. The van der Waals surface area contributed by atoms with E-state index < -0.39 is 27.2 Å². The molecule has 2 aliphatic heterocycles. The van der Waals surface area contributed by atoms with Crippen LogP contribution < -0.4 is 0 Å². The first-order valence-electron chi connectivity index (χ1n) is 12.7. The smallest absolute Gasteiger partial charge is 0.410 e. The topological polar surface area (TPSA) is 121 Å². The molecule has 11 nitrogen and oxygen atoms in total. The minimum Gasteiger partial charge on any atom is -0.444 e. The van der Waals surface area contributed by atoms with Crippen LogP contribution in [0, 0.1) is 0 Å². The maximum atomic E-state index is 13.2. The Labute approximate surface area is 230 Å². The van der Waals surface area contributed by atoms with Gasteiger partial charge in [0.05, 0.1) is 35.9 Å². The summed E-state index contributed by atoms with van der Waals surface area (Å²) in [5.74, 6) is 0.584. The number of imidazole rings is 1. The number of benzene rings is 1. The van der Waals surface area contributed by atoms with Crippen molar-refractivity contribution in [1.29, 1.82) is 0 Å². The van der Waals surface area contributed by atoms with Crippen molar-refractivity contribution < 1.29 is 22.7 Å². The highest BCUT2D eigenvalue weighted by Crippen LogP contribution is 2.49. The highest BCUT2D eigenvalue weighted by molar-refractivity contribution is 7.90. The number of nitrogens with zero attached hydrogens (tertiary/aromatic N) is 6. The Bertz CT molecular complexity index is 1730. The number of sulfone groups is 1. The van der Waals surface area contributed by atoms with E-state index in [1.807, 2.05) is 31.4 Å². The molecule has 13 heteroatoms. The van der Waals surface area contributed by atoms with Gasteiger partial charge >= 0.3 is 6.09 Å². The summed E-state index contributed by atoms with van der Waals surface area (Å²) in [6.07, 6.45) is 4.93. The summed E-state index contributed by atoms with van der Waals surface area (Å²) in [7, 11) is -3.59. The van der Waals surface area contributed by atoms with E-state index in [-0.39, 0.29) is 17.7 Å². The Balaban J connectivity index is 1.47. The number of pyridine rings is 1. The Morgan fingerprint density at radius 2 is 2.05 bits per heavy atom. The van der Waals surface area contributed by atoms with E-state index in [1.165, 1.54) is 6.20 Å². The van der Waals surface area contributed by atoms with Crippen molar-refractivity contribution in [2.45, 2.75) is 62.6 Å². The van der Waals surface area contributed by atoms with Crippen molar-refractivity contribution >= 4 is 49.5 Å². The van der Waals surface area contributed by atoms with E-state index >= 15 is 0 Å². The third-order valence-corrected chi connectivity index (χ3v) is 8.45. The van der Waals surface area contributed by atoms with Gasteiger partial charge in [-0.2, -0.15) is 5.10 Å². The van der Waals surface area contributed by atoms with Crippen molar-refractivity contribution in [1.82, 2.24) is 29.2 Å². The van der Waals surface area contributed by atoms with Crippen molar-refractivity contribution in [3.63, 3.8) is 0 Å². The number of rotatable bonds is 4. The summed E-state index contributed by atoms with van der Waals surface area (Å²) in [5.41, 5.74) is 0.776. The van der Waals surface area contributed by atoms with Gasteiger partial charge < -0.3 is 9.47 Å². The first-order valence-corrected chi connectivity index (χ1v) is 14.9. The molecule has 2 saturated heterocycles. The molecule has 1 aromatic carbocycles. The number of aromatic nitrogens is 5. The van der Waals surface area contributed by atoms with Crippen LogP contribution in [0.1, 0.15) is 45.7 Å². The average molecular weight is 573 g/mol. The van der Waals surface area contributed by atoms with Gasteiger partial charge in [-0.05, 0) is 57.9 Å². The van der Waals surface area contributed by atoms with Gasteiger partial charge in [0.1, 0.15) is 17.0 Å². The highest BCUT2D eigenvalue weighted by atomic mass is 35.5. The Morgan fingerprint density at radius 3 is 2.74 bits per heavy atom. The molecular weight excluding hydrogens is 544 g/mol. The van der Waals surface area contributed by atoms with Crippen molar-refractivity contribution in [2.24, 2.45) is 0 Å². The molecule has 1 amide bonds. The van der Waals surface area contributed by atoms with Gasteiger partial charge in [-0.15, -0.1) is 0 Å². The fourth-order valence-corrected chi connectivity index (χ4v) is 6.56. The van der Waals surface area contributed by atoms with Gasteiger partial charge in [-0.25, -0.2) is 18.2 Å². The lowest BCUT2D eigenvalue weighted by molar-refractivity contribution is -0.220. The Hall–Kier alpha value is -3.22. The van der Waals surface area contributed by atoms with E-state index in [9.17, 15) is 13.2 Å². The minimum atomic E-state index is -3.59. The number of halogens is 1. The SMILES string of the molecule is CC(C)(C)OC(=O)N1CCCC12COC2n1c(Cn2nc(S(C)(=O)=O)c3ccncc32)nc2cc(Cl)ccc21. The molecule has 4 aromatic rings. The molecule has 2 unspecified atom stereocenters. The summed E-state index contributed by atoms with van der Waals surface area (Å²) in [6.45, 7) is 6.63. The fourth-order valence-electron chi connectivity index (χ4n) is 5.58. The largest absolute Gasteiger partial charge is 0.444 e. The summed E-state index contributed by atoms with van der Waals surface area (Å²) < 4.78 is 40.5. The van der Waals surface area contributed by atoms with Crippen LogP contribution in [-0.2, 0) is 25.9 Å². The third-order valence-electron chi connectivity index (χ3n) is 7.22. The van der Waals surface area contributed by atoms with Crippen LogP contribution in [-0.4, -0.2) is 74.3 Å². The zero-order chi connectivity index (χ0) is 27.7. The summed E-state index contributed by atoms with van der Waals surface area (Å²) >= 11 is 6.30. The molecule has 0 N–H and O–H groups in total. The van der Waals surface area contributed by atoms with Gasteiger partial charge in [0.25, 0.3) is 0 Å². The molecule has 5 heterocycles. The maximum absolute atomic E-state index is 13.2. The molecule has 0 saturated carbocycles. The molecule has 1 spiro atoms. The van der Waals surface area contributed by atoms with Gasteiger partial charge in [-0.3, -0.25) is 19.1 Å². The number of hydrogen-bond acceptors (Lipinski definition) is 8. The number of carbonyl (C=O) groups excluding carboxylic acids is 1. The fraction of sp³-hybridized carbons (Fsp3) is 0.462. The number of carbonyl (C=O) groups is 1. The second-order valence-corrected chi connectivity index (χ2v) is 13.5. The summed E-state index contributed by atoms with van der Waals surface area (Å²) in [4.78, 5) is 24.1. The summed E-state index contributed by atoms with van der Waals surface area (Å²) in [5, 5.41) is 5.45. The molecule has 3 aromatic heterocycles. The van der Waals surface area contributed by atoms with Gasteiger partial charge in [-0.1, -0.05) is 11.6 Å². The molecule has 6 rings (SSSR count). The highest BCUT2D eigenvalue weighted by Gasteiger charge is 2.59. The molecule has 0 radical (unpaired) electrons. The molecule has 0 aliphatic carbocycles. The van der Waals surface area contributed by atoms with E-state index in [1.54, 1.807) is 34.0 Å². The Morgan fingerprint density at radius 1 is 1.26 bits per heavy atom. The van der Waals surface area contributed by atoms with E-state index in [2.05, 4.69) is 10.1 Å². The van der Waals surface area contributed by atoms with Crippen molar-refractivity contribution in [3.05, 3.63) is 47.5 Å². The number of likely N-dealkylation sites (tertiary alicyclic amines) is 1. The second-order valence-electron chi connectivity index (χ2n) is 11.2. The molecular formula is C26H29ClN6O5S. The lowest BCUT2D eigenvalue weighted by Gasteiger charge is -2.52. The number of amides is 1. The first-order chi connectivity index (χ1) is 18.4. The predicted molar refractivity (Wildman–Crippen MR) is 144 cm³/mol. The van der Waals surface area contributed by atoms with Crippen LogP contribution in [0.2, 0.25) is 5.02 Å².